The van der Waals surface area contributed by atoms with Crippen LogP contribution in [0.15, 0.2) is 79.8 Å². The Kier molecular flexibility index (Phi) is 6.95. The maximum Gasteiger partial charge on any atom is 0.349 e. The van der Waals surface area contributed by atoms with E-state index in [-0.39, 0.29) is 18.3 Å². The number of anilines is 1. The molecule has 0 saturated heterocycles. The molecule has 0 bridgehead atoms. The molecule has 4 aromatic rings. The molecule has 0 unspecified atom stereocenters. The number of hydrogen-bond donors (Lipinski definition) is 2. The number of halogens is 2. The Bertz CT molecular complexity index is 1540. The highest BCUT2D eigenvalue weighted by atomic mass is 79.9. The minimum absolute atomic E-state index is 0.276. The summed E-state index contributed by atoms with van der Waals surface area (Å²) in [5.74, 6) is -0.0837. The van der Waals surface area contributed by atoms with Crippen LogP contribution >= 0.6 is 27.5 Å². The minimum Gasteiger partial charge on any atom is -0.482 e. The number of hydrogen-bond acceptors (Lipinski definition) is 5. The lowest BCUT2D eigenvalue weighted by molar-refractivity contribution is -0.118. The average molecular weight is 542 g/mol. The smallest absolute Gasteiger partial charge is 0.349 e. The molecule has 1 heterocycles. The van der Waals surface area contributed by atoms with Gasteiger partial charge in [0.2, 0.25) is 0 Å². The molecule has 0 atom stereocenters. The zero-order valence-corrected chi connectivity index (χ0v) is 20.2. The molecular formula is C24H18BrClN4O4. The fraction of sp³-hybridized carbons (Fsp3) is 0.0833. The number of aryl methyl sites for hydroxylation is 1. The summed E-state index contributed by atoms with van der Waals surface area (Å²) in [5, 5.41) is 7.52. The van der Waals surface area contributed by atoms with Crippen molar-refractivity contribution in [2.24, 2.45) is 5.10 Å². The predicted octanol–water partition coefficient (Wildman–Crippen LogP) is 4.31. The van der Waals surface area contributed by atoms with E-state index in [1.807, 2.05) is 25.1 Å². The number of benzene rings is 3. The summed E-state index contributed by atoms with van der Waals surface area (Å²) in [7, 11) is 0. The molecule has 8 nitrogen and oxygen atoms in total. The van der Waals surface area contributed by atoms with Gasteiger partial charge in [-0.25, -0.2) is 4.79 Å². The van der Waals surface area contributed by atoms with Gasteiger partial charge in [0.15, 0.2) is 6.61 Å². The Morgan fingerprint density at radius 1 is 1.18 bits per heavy atom. The first kappa shape index (κ1) is 23.5. The first-order valence-corrected chi connectivity index (χ1v) is 11.3. The van der Waals surface area contributed by atoms with E-state index >= 15 is 0 Å². The van der Waals surface area contributed by atoms with Gasteiger partial charge in [0.05, 0.1) is 21.6 Å². The number of aromatic nitrogens is 2. The normalized spacial score (nSPS) is 11.1. The minimum atomic E-state index is -0.693. The Balaban J connectivity index is 1.61. The molecule has 2 N–H and O–H groups in total. The SMILES string of the molecule is Cc1ccccc1NC(=O)COc1c(Br)cc(Cl)cc1C=Nn1c(=O)[nH]c2ccccc2c1=O. The van der Waals surface area contributed by atoms with Gasteiger partial charge in [0.1, 0.15) is 5.75 Å². The summed E-state index contributed by atoms with van der Waals surface area (Å²) in [6.07, 6.45) is 1.27. The molecular weight excluding hydrogens is 524 g/mol. The molecule has 34 heavy (non-hydrogen) atoms. The highest BCUT2D eigenvalue weighted by Crippen LogP contribution is 2.32. The number of rotatable bonds is 6. The molecule has 3 aromatic carbocycles. The summed E-state index contributed by atoms with van der Waals surface area (Å²) in [6.45, 7) is 1.60. The number of H-pyrrole nitrogens is 1. The second-order valence-corrected chi connectivity index (χ2v) is 8.59. The van der Waals surface area contributed by atoms with Crippen LogP contribution in [0.4, 0.5) is 5.69 Å². The lowest BCUT2D eigenvalue weighted by Gasteiger charge is -2.13. The van der Waals surface area contributed by atoms with Crippen LogP contribution in [0.5, 0.6) is 5.75 Å². The van der Waals surface area contributed by atoms with Crippen LogP contribution in [0.1, 0.15) is 11.1 Å². The van der Waals surface area contributed by atoms with E-state index in [0.717, 1.165) is 5.56 Å². The van der Waals surface area contributed by atoms with Crippen molar-refractivity contribution < 1.29 is 9.53 Å². The van der Waals surface area contributed by atoms with E-state index in [1.165, 1.54) is 6.21 Å². The van der Waals surface area contributed by atoms with E-state index in [9.17, 15) is 14.4 Å². The third kappa shape index (κ3) is 5.11. The maximum absolute atomic E-state index is 12.7. The lowest BCUT2D eigenvalue weighted by atomic mass is 10.2. The molecule has 4 rings (SSSR count). The molecule has 1 aromatic heterocycles. The topological polar surface area (TPSA) is 106 Å². The van der Waals surface area contributed by atoms with Crippen molar-refractivity contribution in [2.75, 3.05) is 11.9 Å². The van der Waals surface area contributed by atoms with Gasteiger partial charge >= 0.3 is 5.69 Å². The average Bonchev–Trinajstić information content (AvgIpc) is 2.79. The number of aromatic amines is 1. The Hall–Kier alpha value is -3.69. The standard InChI is InChI=1S/C24H18BrClN4O4/c1-14-6-2-4-8-19(14)28-21(31)13-34-22-15(10-16(26)11-18(22)25)12-27-30-23(32)17-7-3-5-9-20(17)29-24(30)33/h2-12H,13H2,1H3,(H,28,31)(H,29,33). The molecule has 0 saturated carbocycles. The van der Waals surface area contributed by atoms with Crippen molar-refractivity contribution in [3.05, 3.63) is 102 Å². The van der Waals surface area contributed by atoms with Gasteiger partial charge in [0.25, 0.3) is 11.5 Å². The summed E-state index contributed by atoms with van der Waals surface area (Å²) < 4.78 is 6.92. The van der Waals surface area contributed by atoms with Crippen LogP contribution in [-0.2, 0) is 4.79 Å². The molecule has 0 spiro atoms. The van der Waals surface area contributed by atoms with Crippen LogP contribution in [-0.4, -0.2) is 28.4 Å². The van der Waals surface area contributed by atoms with Crippen LogP contribution in [0, 0.1) is 6.92 Å². The molecule has 0 aliphatic rings. The number of amides is 1. The number of carbonyl (C=O) groups is 1. The number of para-hydroxylation sites is 2. The molecule has 10 heteroatoms. The third-order valence-corrected chi connectivity index (χ3v) is 5.71. The summed E-state index contributed by atoms with van der Waals surface area (Å²) in [5.41, 5.74) is 1.11. The summed E-state index contributed by atoms with van der Waals surface area (Å²) >= 11 is 9.54. The highest BCUT2D eigenvalue weighted by Gasteiger charge is 2.13. The van der Waals surface area contributed by atoms with Gasteiger partial charge in [-0.05, 0) is 58.7 Å². The van der Waals surface area contributed by atoms with Gasteiger partial charge in [0, 0.05) is 16.3 Å². The van der Waals surface area contributed by atoms with Crippen LogP contribution in [0.25, 0.3) is 10.9 Å². The highest BCUT2D eigenvalue weighted by molar-refractivity contribution is 9.10. The van der Waals surface area contributed by atoms with Crippen molar-refractivity contribution in [3.63, 3.8) is 0 Å². The lowest BCUT2D eigenvalue weighted by Crippen LogP contribution is -2.32. The second kappa shape index (κ2) is 10.1. The number of fused-ring (bicyclic) bond motifs is 1. The third-order valence-electron chi connectivity index (χ3n) is 4.90. The van der Waals surface area contributed by atoms with E-state index in [1.54, 1.807) is 42.5 Å². The van der Waals surface area contributed by atoms with Crippen LogP contribution < -0.4 is 21.3 Å². The number of carbonyl (C=O) groups excluding carboxylic acids is 1. The quantitative estimate of drug-likeness (QED) is 0.355. The van der Waals surface area contributed by atoms with Gasteiger partial charge in [-0.3, -0.25) is 9.59 Å². The molecule has 1 amide bonds. The molecule has 0 aliphatic carbocycles. The van der Waals surface area contributed by atoms with Crippen molar-refractivity contribution in [1.82, 2.24) is 9.66 Å². The van der Waals surface area contributed by atoms with E-state index in [0.29, 0.717) is 36.3 Å². The van der Waals surface area contributed by atoms with Crippen molar-refractivity contribution >= 4 is 56.2 Å². The van der Waals surface area contributed by atoms with E-state index < -0.39 is 11.2 Å². The largest absolute Gasteiger partial charge is 0.482 e. The zero-order chi connectivity index (χ0) is 24.2. The first-order chi connectivity index (χ1) is 16.3. The number of nitrogens with zero attached hydrogens (tertiary/aromatic N) is 2. The number of nitrogens with one attached hydrogen (secondary N) is 2. The fourth-order valence-corrected chi connectivity index (χ4v) is 4.19. The zero-order valence-electron chi connectivity index (χ0n) is 17.8. The van der Waals surface area contributed by atoms with Crippen LogP contribution in [0.3, 0.4) is 0 Å². The molecule has 172 valence electrons. The van der Waals surface area contributed by atoms with Crippen molar-refractivity contribution in [3.8, 4) is 5.75 Å². The Morgan fingerprint density at radius 3 is 2.71 bits per heavy atom. The second-order valence-electron chi connectivity index (χ2n) is 7.29. The van der Waals surface area contributed by atoms with Gasteiger partial charge in [-0.1, -0.05) is 41.9 Å². The van der Waals surface area contributed by atoms with Gasteiger partial charge in [-0.2, -0.15) is 5.10 Å². The monoisotopic (exact) mass is 540 g/mol. The molecule has 0 aliphatic heterocycles. The molecule has 0 radical (unpaired) electrons. The predicted molar refractivity (Wildman–Crippen MR) is 136 cm³/mol. The van der Waals surface area contributed by atoms with E-state index in [4.69, 9.17) is 16.3 Å². The van der Waals surface area contributed by atoms with Crippen molar-refractivity contribution in [2.45, 2.75) is 6.92 Å². The van der Waals surface area contributed by atoms with Crippen LogP contribution in [0.2, 0.25) is 5.02 Å². The van der Waals surface area contributed by atoms with Gasteiger partial charge < -0.3 is 15.0 Å². The summed E-state index contributed by atoms with van der Waals surface area (Å²) in [4.78, 5) is 40.1. The Morgan fingerprint density at radius 2 is 1.91 bits per heavy atom. The van der Waals surface area contributed by atoms with Crippen molar-refractivity contribution in [1.29, 1.82) is 0 Å². The number of ether oxygens (including phenoxy) is 1. The summed E-state index contributed by atoms with van der Waals surface area (Å²) in [6, 6.07) is 17.2. The molecule has 0 fully saturated rings. The first-order valence-electron chi connectivity index (χ1n) is 10.1. The van der Waals surface area contributed by atoms with Gasteiger partial charge in [-0.15, -0.1) is 4.68 Å². The Labute approximate surface area is 207 Å². The fourth-order valence-electron chi connectivity index (χ4n) is 3.24. The van der Waals surface area contributed by atoms with E-state index in [2.05, 4.69) is 31.3 Å². The maximum atomic E-state index is 12.7.